The molecule has 3 saturated heterocycles. The molecule has 1 spiro atoms. The van der Waals surface area contributed by atoms with Gasteiger partial charge in [-0.2, -0.15) is 0 Å². The Bertz CT molecular complexity index is 276. The van der Waals surface area contributed by atoms with Gasteiger partial charge in [0.1, 0.15) is 5.72 Å². The minimum atomic E-state index is -0.0125. The van der Waals surface area contributed by atoms with Crippen LogP contribution in [-0.4, -0.2) is 30.0 Å². The van der Waals surface area contributed by atoms with Crippen molar-refractivity contribution in [3.05, 3.63) is 0 Å². The Labute approximate surface area is 105 Å². The van der Waals surface area contributed by atoms with Crippen LogP contribution < -0.4 is 10.6 Å². The van der Waals surface area contributed by atoms with Crippen molar-refractivity contribution in [3.63, 3.8) is 0 Å². The molecule has 3 fully saturated rings. The van der Waals surface area contributed by atoms with Crippen LogP contribution in [0.15, 0.2) is 0 Å². The number of hydrogen-bond donors (Lipinski definition) is 2. The third-order valence-electron chi connectivity index (χ3n) is 5.22. The van der Waals surface area contributed by atoms with Crippen molar-refractivity contribution < 1.29 is 4.74 Å². The molecule has 0 aromatic carbocycles. The fourth-order valence-corrected chi connectivity index (χ4v) is 4.10. The van der Waals surface area contributed by atoms with Crippen LogP contribution in [0.2, 0.25) is 0 Å². The van der Waals surface area contributed by atoms with Gasteiger partial charge in [0.25, 0.3) is 0 Å². The highest BCUT2D eigenvalue weighted by atomic mass is 16.5. The quantitative estimate of drug-likeness (QED) is 0.773. The van der Waals surface area contributed by atoms with Gasteiger partial charge in [0.05, 0.1) is 5.60 Å². The largest absolute Gasteiger partial charge is 0.354 e. The number of nitrogens with one attached hydrogen (secondary N) is 2. The van der Waals surface area contributed by atoms with Crippen LogP contribution in [0, 0.1) is 0 Å². The summed E-state index contributed by atoms with van der Waals surface area (Å²) in [6.07, 6.45) is 8.46. The van der Waals surface area contributed by atoms with Gasteiger partial charge in [-0.05, 0) is 32.1 Å². The first-order chi connectivity index (χ1) is 8.19. The van der Waals surface area contributed by atoms with Crippen molar-refractivity contribution in [1.82, 2.24) is 10.6 Å². The van der Waals surface area contributed by atoms with E-state index < -0.39 is 0 Å². The zero-order chi connectivity index (χ0) is 11.9. The van der Waals surface area contributed by atoms with Crippen molar-refractivity contribution >= 4 is 0 Å². The molecule has 0 amide bonds. The third-order valence-corrected chi connectivity index (χ3v) is 5.22. The Kier molecular flexibility index (Phi) is 2.96. The third kappa shape index (κ3) is 2.02. The standard InChI is InChI=1S/C14H26N2O/c1-3-13(4-2)7-8-15-14(17-13)9-11-5-6-12(10-14)16-11/h11-12,15-16H,3-10H2,1-2H3. The fraction of sp³-hybridized carbons (Fsp3) is 1.00. The maximum atomic E-state index is 6.63. The van der Waals surface area contributed by atoms with Crippen molar-refractivity contribution in [1.29, 1.82) is 0 Å². The van der Waals surface area contributed by atoms with Crippen molar-refractivity contribution in [2.45, 2.75) is 82.2 Å². The van der Waals surface area contributed by atoms with Gasteiger partial charge in [0.15, 0.2) is 0 Å². The molecule has 17 heavy (non-hydrogen) atoms. The molecule has 3 heteroatoms. The summed E-state index contributed by atoms with van der Waals surface area (Å²) in [6, 6.07) is 1.37. The zero-order valence-corrected chi connectivity index (χ0v) is 11.2. The first-order valence-electron chi connectivity index (χ1n) is 7.40. The van der Waals surface area contributed by atoms with E-state index in [1.165, 1.54) is 19.3 Å². The summed E-state index contributed by atoms with van der Waals surface area (Å²) in [5.74, 6) is 0. The Balaban J connectivity index is 1.78. The second-order valence-corrected chi connectivity index (χ2v) is 6.21. The summed E-state index contributed by atoms with van der Waals surface area (Å²) in [5.41, 5.74) is 0.128. The Morgan fingerprint density at radius 2 is 1.76 bits per heavy atom. The number of fused-ring (bicyclic) bond motifs is 2. The van der Waals surface area contributed by atoms with Crippen LogP contribution in [0.3, 0.4) is 0 Å². The predicted octanol–water partition coefficient (Wildman–Crippen LogP) is 2.17. The maximum Gasteiger partial charge on any atom is 0.122 e. The van der Waals surface area contributed by atoms with Crippen LogP contribution in [0.1, 0.15) is 58.8 Å². The molecule has 3 rings (SSSR count). The lowest BCUT2D eigenvalue weighted by molar-refractivity contribution is -0.219. The van der Waals surface area contributed by atoms with E-state index in [1.807, 2.05) is 0 Å². The van der Waals surface area contributed by atoms with Gasteiger partial charge in [-0.25, -0.2) is 0 Å². The zero-order valence-electron chi connectivity index (χ0n) is 11.2. The molecule has 3 aliphatic rings. The van der Waals surface area contributed by atoms with Gasteiger partial charge < -0.3 is 10.1 Å². The highest BCUT2D eigenvalue weighted by Crippen LogP contribution is 2.42. The number of hydrogen-bond acceptors (Lipinski definition) is 3. The molecule has 0 aromatic heterocycles. The molecule has 3 heterocycles. The van der Waals surface area contributed by atoms with Crippen LogP contribution in [-0.2, 0) is 4.74 Å². The lowest BCUT2D eigenvalue weighted by Gasteiger charge is -2.52. The van der Waals surface area contributed by atoms with Crippen LogP contribution >= 0.6 is 0 Å². The van der Waals surface area contributed by atoms with E-state index in [4.69, 9.17) is 4.74 Å². The smallest absolute Gasteiger partial charge is 0.122 e. The fourth-order valence-electron chi connectivity index (χ4n) is 4.10. The molecule has 0 aliphatic carbocycles. The van der Waals surface area contributed by atoms with Crippen molar-refractivity contribution in [2.24, 2.45) is 0 Å². The average Bonchev–Trinajstić information content (AvgIpc) is 2.69. The minimum Gasteiger partial charge on any atom is -0.354 e. The van der Waals surface area contributed by atoms with Gasteiger partial charge in [0.2, 0.25) is 0 Å². The van der Waals surface area contributed by atoms with Gasteiger partial charge in [-0.15, -0.1) is 0 Å². The normalized spacial score (nSPS) is 44.1. The molecule has 0 aromatic rings. The lowest BCUT2D eigenvalue weighted by atomic mass is 9.86. The topological polar surface area (TPSA) is 33.3 Å². The summed E-state index contributed by atoms with van der Waals surface area (Å²) >= 11 is 0. The molecular weight excluding hydrogens is 212 g/mol. The van der Waals surface area contributed by atoms with Gasteiger partial charge in [-0.1, -0.05) is 13.8 Å². The highest BCUT2D eigenvalue weighted by molar-refractivity contribution is 5.03. The van der Waals surface area contributed by atoms with Crippen molar-refractivity contribution in [2.75, 3.05) is 6.54 Å². The summed E-state index contributed by atoms with van der Waals surface area (Å²) in [5, 5.41) is 7.40. The summed E-state index contributed by atoms with van der Waals surface area (Å²) < 4.78 is 6.63. The monoisotopic (exact) mass is 238 g/mol. The van der Waals surface area contributed by atoms with E-state index >= 15 is 0 Å². The average molecular weight is 238 g/mol. The molecule has 0 saturated carbocycles. The molecule has 2 N–H and O–H groups in total. The Hall–Kier alpha value is -0.120. The molecule has 3 nitrogen and oxygen atoms in total. The lowest BCUT2D eigenvalue weighted by Crippen LogP contribution is -2.64. The molecule has 2 bridgehead atoms. The van der Waals surface area contributed by atoms with Gasteiger partial charge >= 0.3 is 0 Å². The minimum absolute atomic E-state index is 0.0125. The summed E-state index contributed by atoms with van der Waals surface area (Å²) in [6.45, 7) is 5.68. The van der Waals surface area contributed by atoms with Gasteiger partial charge in [0, 0.05) is 31.5 Å². The number of ether oxygens (including phenoxy) is 1. The summed E-state index contributed by atoms with van der Waals surface area (Å²) in [7, 11) is 0. The molecule has 3 aliphatic heterocycles. The van der Waals surface area contributed by atoms with Crippen LogP contribution in [0.25, 0.3) is 0 Å². The number of rotatable bonds is 2. The van der Waals surface area contributed by atoms with Crippen LogP contribution in [0.4, 0.5) is 0 Å². The number of piperidine rings is 1. The van der Waals surface area contributed by atoms with Crippen molar-refractivity contribution in [3.8, 4) is 0 Å². The Morgan fingerprint density at radius 3 is 2.35 bits per heavy atom. The van der Waals surface area contributed by atoms with E-state index in [-0.39, 0.29) is 11.3 Å². The second-order valence-electron chi connectivity index (χ2n) is 6.21. The van der Waals surface area contributed by atoms with E-state index in [1.54, 1.807) is 0 Å². The molecule has 0 radical (unpaired) electrons. The first kappa shape index (κ1) is 11.9. The maximum absolute atomic E-state index is 6.63. The van der Waals surface area contributed by atoms with E-state index in [0.29, 0.717) is 12.1 Å². The Morgan fingerprint density at radius 1 is 1.12 bits per heavy atom. The highest BCUT2D eigenvalue weighted by Gasteiger charge is 2.50. The van der Waals surface area contributed by atoms with Gasteiger partial charge in [-0.3, -0.25) is 5.32 Å². The predicted molar refractivity (Wildman–Crippen MR) is 68.9 cm³/mol. The molecular formula is C14H26N2O. The van der Waals surface area contributed by atoms with E-state index in [0.717, 1.165) is 32.2 Å². The SMILES string of the molecule is CCC1(CC)CCNC2(CC3CCC(C2)N3)O1. The van der Waals surface area contributed by atoms with Crippen LogP contribution in [0.5, 0.6) is 0 Å². The molecule has 2 unspecified atom stereocenters. The van der Waals surface area contributed by atoms with E-state index in [9.17, 15) is 0 Å². The first-order valence-corrected chi connectivity index (χ1v) is 7.40. The molecule has 2 atom stereocenters. The van der Waals surface area contributed by atoms with E-state index in [2.05, 4.69) is 24.5 Å². The second kappa shape index (κ2) is 4.22. The molecule has 98 valence electrons. The summed E-state index contributed by atoms with van der Waals surface area (Å²) in [4.78, 5) is 0.